The van der Waals surface area contributed by atoms with Crippen LogP contribution in [-0.2, 0) is 9.59 Å². The molecule has 0 radical (unpaired) electrons. The number of hydrogen-bond donors (Lipinski definition) is 1. The number of amides is 1. The first-order chi connectivity index (χ1) is 10.9. The van der Waals surface area contributed by atoms with E-state index >= 15 is 0 Å². The number of nitrogens with zero attached hydrogens (tertiary/aromatic N) is 2. The monoisotopic (exact) mass is 338 g/mol. The Hall–Kier alpha value is -2.09. The first kappa shape index (κ1) is 17.3. The van der Waals surface area contributed by atoms with E-state index in [-0.39, 0.29) is 23.4 Å². The van der Waals surface area contributed by atoms with E-state index in [4.69, 9.17) is 0 Å². The van der Waals surface area contributed by atoms with E-state index in [0.29, 0.717) is 19.4 Å². The van der Waals surface area contributed by atoms with E-state index in [1.165, 1.54) is 23.9 Å². The summed E-state index contributed by atoms with van der Waals surface area (Å²) in [5.41, 5.74) is 0.00892. The van der Waals surface area contributed by atoms with Gasteiger partial charge in [0.25, 0.3) is 5.69 Å². The predicted molar refractivity (Wildman–Crippen MR) is 85.4 cm³/mol. The molecule has 1 aliphatic rings. The van der Waals surface area contributed by atoms with Gasteiger partial charge in [0.05, 0.1) is 16.6 Å². The second kappa shape index (κ2) is 7.45. The van der Waals surface area contributed by atoms with Crippen LogP contribution in [0.25, 0.3) is 0 Å². The van der Waals surface area contributed by atoms with Gasteiger partial charge in [0, 0.05) is 29.6 Å². The van der Waals surface area contributed by atoms with Crippen molar-refractivity contribution in [2.45, 2.75) is 30.7 Å². The van der Waals surface area contributed by atoms with Gasteiger partial charge in [-0.25, -0.2) is 0 Å². The average molecular weight is 338 g/mol. The number of non-ortho nitro benzene ring substituents is 1. The van der Waals surface area contributed by atoms with Crippen molar-refractivity contribution in [2.75, 3.05) is 12.3 Å². The molecule has 1 aromatic rings. The van der Waals surface area contributed by atoms with Gasteiger partial charge in [-0.05, 0) is 31.9 Å². The summed E-state index contributed by atoms with van der Waals surface area (Å²) in [6.07, 6.45) is 1.28. The van der Waals surface area contributed by atoms with Crippen LogP contribution in [0, 0.1) is 16.0 Å². The second-order valence-corrected chi connectivity index (χ2v) is 6.50. The molecule has 1 aliphatic heterocycles. The molecule has 0 aromatic heterocycles. The van der Waals surface area contributed by atoms with Crippen molar-refractivity contribution in [3.63, 3.8) is 0 Å². The summed E-state index contributed by atoms with van der Waals surface area (Å²) in [6, 6.07) is 5.70. The number of carbonyl (C=O) groups excluding carboxylic acids is 1. The number of hydrogen-bond acceptors (Lipinski definition) is 5. The number of carboxylic acids is 1. The summed E-state index contributed by atoms with van der Waals surface area (Å²) in [5.74, 6) is -1.30. The van der Waals surface area contributed by atoms with Crippen molar-refractivity contribution in [2.24, 2.45) is 5.92 Å². The fourth-order valence-electron chi connectivity index (χ4n) is 2.72. The molecule has 1 saturated heterocycles. The highest BCUT2D eigenvalue weighted by Crippen LogP contribution is 2.26. The Balaban J connectivity index is 1.93. The largest absolute Gasteiger partial charge is 0.481 e. The molecule has 0 unspecified atom stereocenters. The molecular weight excluding hydrogens is 320 g/mol. The summed E-state index contributed by atoms with van der Waals surface area (Å²) in [4.78, 5) is 36.0. The van der Waals surface area contributed by atoms with Crippen LogP contribution in [0.15, 0.2) is 29.2 Å². The second-order valence-electron chi connectivity index (χ2n) is 5.45. The number of piperidine rings is 1. The molecule has 2 atom stereocenters. The normalized spacial score (nSPS) is 21.0. The van der Waals surface area contributed by atoms with Gasteiger partial charge in [0.15, 0.2) is 0 Å². The Labute approximate surface area is 137 Å². The highest BCUT2D eigenvalue weighted by molar-refractivity contribution is 8.00. The van der Waals surface area contributed by atoms with Crippen LogP contribution >= 0.6 is 11.8 Å². The van der Waals surface area contributed by atoms with Crippen molar-refractivity contribution < 1.29 is 19.6 Å². The first-order valence-corrected chi connectivity index (χ1v) is 8.28. The summed E-state index contributed by atoms with van der Waals surface area (Å²) in [7, 11) is 0. The third-order valence-electron chi connectivity index (χ3n) is 4.04. The summed E-state index contributed by atoms with van der Waals surface area (Å²) < 4.78 is 0. The van der Waals surface area contributed by atoms with E-state index in [2.05, 4.69) is 0 Å². The number of thioether (sulfide) groups is 1. The highest BCUT2D eigenvalue weighted by atomic mass is 32.2. The zero-order valence-electron chi connectivity index (χ0n) is 12.7. The standard InChI is InChI=1S/C15H18N2O5S/c1-10-13(15(19)20)3-2-8-16(10)14(18)9-23-12-6-4-11(5-7-12)17(21)22/h4-7,10,13H,2-3,8-9H2,1H3,(H,19,20)/t10-,13-/m1/s1. The van der Waals surface area contributed by atoms with Crippen LogP contribution in [0.3, 0.4) is 0 Å². The van der Waals surface area contributed by atoms with Crippen molar-refractivity contribution in [1.29, 1.82) is 0 Å². The lowest BCUT2D eigenvalue weighted by Gasteiger charge is -2.37. The minimum Gasteiger partial charge on any atom is -0.481 e. The molecule has 1 N–H and O–H groups in total. The van der Waals surface area contributed by atoms with Crippen LogP contribution in [-0.4, -0.2) is 45.1 Å². The first-order valence-electron chi connectivity index (χ1n) is 7.29. The van der Waals surface area contributed by atoms with E-state index < -0.39 is 16.8 Å². The Kier molecular flexibility index (Phi) is 5.59. The van der Waals surface area contributed by atoms with Crippen LogP contribution in [0.1, 0.15) is 19.8 Å². The van der Waals surface area contributed by atoms with Crippen LogP contribution in [0.5, 0.6) is 0 Å². The Bertz CT molecular complexity index is 604. The summed E-state index contributed by atoms with van der Waals surface area (Å²) in [6.45, 7) is 2.34. The molecule has 8 heteroatoms. The number of carboxylic acid groups (broad SMARTS) is 1. The molecule has 1 fully saturated rings. The molecular formula is C15H18N2O5S. The topological polar surface area (TPSA) is 101 Å². The molecule has 1 aromatic carbocycles. The SMILES string of the molecule is C[C@@H]1[C@H](C(=O)O)CCCN1C(=O)CSc1ccc([N+](=O)[O-])cc1. The minimum absolute atomic E-state index is 0.00892. The van der Waals surface area contributed by atoms with Crippen LogP contribution < -0.4 is 0 Å². The fourth-order valence-corrected chi connectivity index (χ4v) is 3.50. The fraction of sp³-hybridized carbons (Fsp3) is 0.467. The van der Waals surface area contributed by atoms with Crippen molar-refractivity contribution in [3.8, 4) is 0 Å². The number of rotatable bonds is 5. The number of aliphatic carboxylic acids is 1. The van der Waals surface area contributed by atoms with Crippen LogP contribution in [0.4, 0.5) is 5.69 Å². The van der Waals surface area contributed by atoms with Crippen molar-refractivity contribution in [1.82, 2.24) is 4.90 Å². The molecule has 0 spiro atoms. The lowest BCUT2D eigenvalue weighted by atomic mass is 9.90. The Morgan fingerprint density at radius 2 is 2.04 bits per heavy atom. The Morgan fingerprint density at radius 1 is 1.39 bits per heavy atom. The lowest BCUT2D eigenvalue weighted by Crippen LogP contribution is -2.49. The highest BCUT2D eigenvalue weighted by Gasteiger charge is 2.35. The van der Waals surface area contributed by atoms with E-state index in [1.54, 1.807) is 24.0 Å². The number of carbonyl (C=O) groups is 2. The molecule has 124 valence electrons. The van der Waals surface area contributed by atoms with Crippen molar-refractivity contribution >= 4 is 29.3 Å². The Morgan fingerprint density at radius 3 is 2.61 bits per heavy atom. The molecule has 0 bridgehead atoms. The van der Waals surface area contributed by atoms with Gasteiger partial charge in [0.2, 0.25) is 5.91 Å². The summed E-state index contributed by atoms with van der Waals surface area (Å²) in [5, 5.41) is 19.8. The molecule has 0 aliphatic carbocycles. The number of benzene rings is 1. The minimum atomic E-state index is -0.863. The molecule has 2 rings (SSSR count). The molecule has 1 amide bonds. The maximum absolute atomic E-state index is 12.3. The quantitative estimate of drug-likeness (QED) is 0.502. The molecule has 0 saturated carbocycles. The molecule has 1 heterocycles. The predicted octanol–water partition coefficient (Wildman–Crippen LogP) is 2.40. The van der Waals surface area contributed by atoms with Gasteiger partial charge in [0.1, 0.15) is 0 Å². The zero-order valence-corrected chi connectivity index (χ0v) is 13.5. The molecule has 23 heavy (non-hydrogen) atoms. The summed E-state index contributed by atoms with van der Waals surface area (Å²) >= 11 is 1.29. The van der Waals surface area contributed by atoms with E-state index in [9.17, 15) is 24.8 Å². The van der Waals surface area contributed by atoms with Gasteiger partial charge in [-0.2, -0.15) is 0 Å². The van der Waals surface area contributed by atoms with Crippen molar-refractivity contribution in [3.05, 3.63) is 34.4 Å². The maximum Gasteiger partial charge on any atom is 0.308 e. The number of nitro groups is 1. The third-order valence-corrected chi connectivity index (χ3v) is 5.03. The van der Waals surface area contributed by atoms with E-state index in [0.717, 1.165) is 4.90 Å². The van der Waals surface area contributed by atoms with Gasteiger partial charge in [-0.15, -0.1) is 11.8 Å². The number of likely N-dealkylation sites (tertiary alicyclic amines) is 1. The van der Waals surface area contributed by atoms with Gasteiger partial charge in [-0.3, -0.25) is 19.7 Å². The van der Waals surface area contributed by atoms with E-state index in [1.807, 2.05) is 0 Å². The van der Waals surface area contributed by atoms with Crippen LogP contribution in [0.2, 0.25) is 0 Å². The number of nitro benzene ring substituents is 1. The van der Waals surface area contributed by atoms with Gasteiger partial charge < -0.3 is 10.0 Å². The lowest BCUT2D eigenvalue weighted by molar-refractivity contribution is -0.384. The molecule has 7 nitrogen and oxygen atoms in total. The smallest absolute Gasteiger partial charge is 0.308 e. The third kappa shape index (κ3) is 4.22. The van der Waals surface area contributed by atoms with Gasteiger partial charge in [-0.1, -0.05) is 0 Å². The maximum atomic E-state index is 12.3. The zero-order chi connectivity index (χ0) is 17.0. The van der Waals surface area contributed by atoms with Gasteiger partial charge >= 0.3 is 5.97 Å². The average Bonchev–Trinajstić information content (AvgIpc) is 2.53.